The maximum Gasteiger partial charge on any atom is 0.321 e. The number of hydrogen-bond donors (Lipinski definition) is 0. The summed E-state index contributed by atoms with van der Waals surface area (Å²) in [5.74, 6) is 1.66. The Morgan fingerprint density at radius 3 is 2.47 bits per heavy atom. The fraction of sp³-hybridized carbons (Fsp3) is 0.192. The van der Waals surface area contributed by atoms with Crippen molar-refractivity contribution in [2.75, 3.05) is 13.1 Å². The molecule has 1 aliphatic heterocycles. The van der Waals surface area contributed by atoms with Crippen molar-refractivity contribution in [3.8, 4) is 23.4 Å². The molecule has 0 N–H and O–H groups in total. The van der Waals surface area contributed by atoms with Crippen LogP contribution in [0.3, 0.4) is 0 Å². The molecule has 1 atom stereocenters. The lowest BCUT2D eigenvalue weighted by atomic mass is 9.94. The molecule has 0 bridgehead atoms. The van der Waals surface area contributed by atoms with Gasteiger partial charge in [0.1, 0.15) is 17.2 Å². The van der Waals surface area contributed by atoms with Gasteiger partial charge in [-0.05, 0) is 49.2 Å². The zero-order chi connectivity index (χ0) is 23.2. The van der Waals surface area contributed by atoms with Crippen molar-refractivity contribution < 1.29 is 14.3 Å². The van der Waals surface area contributed by atoms with Crippen molar-refractivity contribution in [2.45, 2.75) is 18.8 Å². The van der Waals surface area contributed by atoms with Gasteiger partial charge in [-0.25, -0.2) is 15.0 Å². The molecular weight excluding hydrogens is 430 g/mol. The van der Waals surface area contributed by atoms with E-state index in [9.17, 15) is 4.79 Å². The molecule has 4 aromatic rings. The normalized spacial score (nSPS) is 15.5. The number of para-hydroxylation sites is 1. The van der Waals surface area contributed by atoms with Gasteiger partial charge in [0.05, 0.1) is 0 Å². The van der Waals surface area contributed by atoms with Gasteiger partial charge >= 0.3 is 6.01 Å². The summed E-state index contributed by atoms with van der Waals surface area (Å²) in [6, 6.07) is 18.5. The zero-order valence-corrected chi connectivity index (χ0v) is 18.4. The van der Waals surface area contributed by atoms with E-state index in [1.165, 1.54) is 0 Å². The van der Waals surface area contributed by atoms with E-state index in [1.807, 2.05) is 35.2 Å². The number of aromatic nitrogens is 4. The van der Waals surface area contributed by atoms with E-state index in [0.717, 1.165) is 18.5 Å². The molecule has 34 heavy (non-hydrogen) atoms. The lowest BCUT2D eigenvalue weighted by Crippen LogP contribution is -2.39. The molecule has 0 unspecified atom stereocenters. The Bertz CT molecular complexity index is 1250. The predicted molar refractivity (Wildman–Crippen MR) is 125 cm³/mol. The highest BCUT2D eigenvalue weighted by Gasteiger charge is 2.29. The maximum atomic E-state index is 13.3. The largest absolute Gasteiger partial charge is 0.437 e. The number of amides is 1. The molecule has 0 saturated carbocycles. The maximum absolute atomic E-state index is 13.3. The molecule has 0 radical (unpaired) electrons. The predicted octanol–water partition coefficient (Wildman–Crippen LogP) is 4.87. The molecule has 2 aromatic carbocycles. The second kappa shape index (κ2) is 10.1. The van der Waals surface area contributed by atoms with Gasteiger partial charge in [-0.15, -0.1) is 0 Å². The molecule has 2 aromatic heterocycles. The second-order valence-corrected chi connectivity index (χ2v) is 7.91. The molecular formula is C26H23N5O3. The number of nitrogens with zero attached hydrogens (tertiary/aromatic N) is 5. The highest BCUT2D eigenvalue weighted by Crippen LogP contribution is 2.33. The third-order valence-electron chi connectivity index (χ3n) is 5.58. The number of carbonyl (C=O) groups excluding carboxylic acids is 1. The van der Waals surface area contributed by atoms with Crippen molar-refractivity contribution in [3.63, 3.8) is 0 Å². The summed E-state index contributed by atoms with van der Waals surface area (Å²) in [5, 5.41) is 0. The van der Waals surface area contributed by atoms with Gasteiger partial charge < -0.3 is 14.4 Å². The van der Waals surface area contributed by atoms with Gasteiger partial charge in [-0.1, -0.05) is 24.3 Å². The van der Waals surface area contributed by atoms with Crippen molar-refractivity contribution >= 4 is 5.91 Å². The Balaban J connectivity index is 1.32. The van der Waals surface area contributed by atoms with Crippen molar-refractivity contribution in [3.05, 3.63) is 96.7 Å². The Hall–Kier alpha value is -4.33. The monoisotopic (exact) mass is 453 g/mol. The van der Waals surface area contributed by atoms with Crippen LogP contribution in [0.4, 0.5) is 0 Å². The fourth-order valence-corrected chi connectivity index (χ4v) is 4.00. The molecule has 1 saturated heterocycles. The molecule has 8 heteroatoms. The first-order chi connectivity index (χ1) is 16.8. The number of hydrogen-bond acceptors (Lipinski definition) is 7. The summed E-state index contributed by atoms with van der Waals surface area (Å²) in [7, 11) is 0. The highest BCUT2D eigenvalue weighted by molar-refractivity contribution is 5.94. The number of rotatable bonds is 6. The Kier molecular flexibility index (Phi) is 6.38. The molecule has 170 valence electrons. The number of ether oxygens (including phenoxy) is 2. The van der Waals surface area contributed by atoms with Gasteiger partial charge in [0.15, 0.2) is 0 Å². The molecule has 0 aliphatic carbocycles. The van der Waals surface area contributed by atoms with Crippen molar-refractivity contribution in [1.29, 1.82) is 0 Å². The Labute approximate surface area is 197 Å². The van der Waals surface area contributed by atoms with E-state index in [-0.39, 0.29) is 17.8 Å². The van der Waals surface area contributed by atoms with Crippen LogP contribution in [0.15, 0.2) is 85.5 Å². The summed E-state index contributed by atoms with van der Waals surface area (Å²) in [6.45, 7) is 1.22. The van der Waals surface area contributed by atoms with Crippen molar-refractivity contribution in [2.24, 2.45) is 0 Å². The average molecular weight is 454 g/mol. The molecule has 5 rings (SSSR count). The first-order valence-electron chi connectivity index (χ1n) is 11.1. The first kappa shape index (κ1) is 21.5. The minimum absolute atomic E-state index is 0.0299. The standard InChI is InChI=1S/C26H23N5O3/c32-25(19-7-4-11-22(17-19)34-26-29-12-6-13-30-26)31-16-5-8-20(18-31)23-24(28-15-14-27-23)33-21-9-2-1-3-10-21/h1-4,6-7,9-15,17,20H,5,8,16,18H2/t20-/m0/s1. The number of likely N-dealkylation sites (tertiary alicyclic amines) is 1. The third kappa shape index (κ3) is 5.01. The molecule has 1 amide bonds. The van der Waals surface area contributed by atoms with E-state index in [0.29, 0.717) is 36.0 Å². The summed E-state index contributed by atoms with van der Waals surface area (Å²) in [5.41, 5.74) is 1.32. The van der Waals surface area contributed by atoms with E-state index >= 15 is 0 Å². The van der Waals surface area contributed by atoms with Crippen LogP contribution >= 0.6 is 0 Å². The van der Waals surface area contributed by atoms with Crippen LogP contribution in [-0.2, 0) is 0 Å². The number of benzene rings is 2. The van der Waals surface area contributed by atoms with Gasteiger partial charge in [-0.3, -0.25) is 9.78 Å². The van der Waals surface area contributed by atoms with E-state index < -0.39 is 0 Å². The Morgan fingerprint density at radius 2 is 1.62 bits per heavy atom. The topological polar surface area (TPSA) is 90.3 Å². The second-order valence-electron chi connectivity index (χ2n) is 7.91. The summed E-state index contributed by atoms with van der Waals surface area (Å²) in [4.78, 5) is 32.3. The molecule has 1 aliphatic rings. The van der Waals surface area contributed by atoms with Crippen molar-refractivity contribution in [1.82, 2.24) is 24.8 Å². The van der Waals surface area contributed by atoms with Gasteiger partial charge in [0, 0.05) is 49.4 Å². The van der Waals surface area contributed by atoms with Crippen LogP contribution in [-0.4, -0.2) is 43.8 Å². The van der Waals surface area contributed by atoms with Gasteiger partial charge in [-0.2, -0.15) is 0 Å². The van der Waals surface area contributed by atoms with Gasteiger partial charge in [0.25, 0.3) is 5.91 Å². The lowest BCUT2D eigenvalue weighted by molar-refractivity contribution is 0.0704. The Morgan fingerprint density at radius 1 is 0.824 bits per heavy atom. The molecule has 0 spiro atoms. The minimum atomic E-state index is -0.0569. The molecule has 8 nitrogen and oxygen atoms in total. The van der Waals surface area contributed by atoms with Crippen LogP contribution < -0.4 is 9.47 Å². The first-order valence-corrected chi connectivity index (χ1v) is 11.1. The smallest absolute Gasteiger partial charge is 0.321 e. The fourth-order valence-electron chi connectivity index (χ4n) is 4.00. The summed E-state index contributed by atoms with van der Waals surface area (Å²) < 4.78 is 11.7. The lowest BCUT2D eigenvalue weighted by Gasteiger charge is -2.33. The minimum Gasteiger partial charge on any atom is -0.437 e. The van der Waals surface area contributed by atoms with Crippen LogP contribution in [0.5, 0.6) is 23.4 Å². The summed E-state index contributed by atoms with van der Waals surface area (Å²) >= 11 is 0. The number of carbonyl (C=O) groups is 1. The quantitative estimate of drug-likeness (QED) is 0.411. The van der Waals surface area contributed by atoms with Crippen LogP contribution in [0.25, 0.3) is 0 Å². The third-order valence-corrected chi connectivity index (χ3v) is 5.58. The van der Waals surface area contributed by atoms with E-state index in [2.05, 4.69) is 19.9 Å². The zero-order valence-electron chi connectivity index (χ0n) is 18.4. The SMILES string of the molecule is O=C(c1cccc(Oc2ncccn2)c1)N1CCC[C@H](c2nccnc2Oc2ccccc2)C1. The molecule has 1 fully saturated rings. The van der Waals surface area contributed by atoms with Crippen LogP contribution in [0, 0.1) is 0 Å². The highest BCUT2D eigenvalue weighted by atomic mass is 16.5. The van der Waals surface area contributed by atoms with Crippen LogP contribution in [0.1, 0.15) is 34.8 Å². The number of piperidine rings is 1. The van der Waals surface area contributed by atoms with Crippen LogP contribution in [0.2, 0.25) is 0 Å². The van der Waals surface area contributed by atoms with E-state index in [4.69, 9.17) is 9.47 Å². The average Bonchev–Trinajstić information content (AvgIpc) is 2.90. The molecule has 3 heterocycles. The van der Waals surface area contributed by atoms with Gasteiger partial charge in [0.2, 0.25) is 5.88 Å². The van der Waals surface area contributed by atoms with E-state index in [1.54, 1.807) is 55.1 Å². The summed E-state index contributed by atoms with van der Waals surface area (Å²) in [6.07, 6.45) is 8.27.